The Bertz CT molecular complexity index is 746. The number of ether oxygens (including phenoxy) is 1. The first-order chi connectivity index (χ1) is 12.6. The number of carbonyl (C=O) groups is 2. The van der Waals surface area contributed by atoms with Crippen molar-refractivity contribution in [2.45, 2.75) is 51.5 Å². The third-order valence-electron chi connectivity index (χ3n) is 4.69. The highest BCUT2D eigenvalue weighted by Crippen LogP contribution is 2.31. The summed E-state index contributed by atoms with van der Waals surface area (Å²) in [7, 11) is 0. The van der Waals surface area contributed by atoms with Gasteiger partial charge in [-0.3, -0.25) is 9.59 Å². The molecule has 2 aromatic rings. The Balaban J connectivity index is 1.41. The lowest BCUT2D eigenvalue weighted by molar-refractivity contribution is -0.116. The number of Topliss-reactive ketones (excluding diaryl/α,β-unsaturated/α-hetero) is 1. The molecule has 0 unspecified atom stereocenters. The molecule has 1 amide bonds. The first kappa shape index (κ1) is 18.2. The Morgan fingerprint density at radius 3 is 2.62 bits per heavy atom. The van der Waals surface area contributed by atoms with Crippen LogP contribution in [0.5, 0.6) is 5.75 Å². The van der Waals surface area contributed by atoms with Crippen LogP contribution in [0.25, 0.3) is 0 Å². The summed E-state index contributed by atoms with van der Waals surface area (Å²) in [4.78, 5) is 23.4. The van der Waals surface area contributed by atoms with Gasteiger partial charge < -0.3 is 10.1 Å². The normalized spacial score (nSPS) is 14.3. The second-order valence-electron chi connectivity index (χ2n) is 6.68. The van der Waals surface area contributed by atoms with Gasteiger partial charge in [0.25, 0.3) is 0 Å². The number of ketones is 1. The minimum atomic E-state index is -0.0275. The van der Waals surface area contributed by atoms with Gasteiger partial charge in [-0.05, 0) is 50.5 Å². The summed E-state index contributed by atoms with van der Waals surface area (Å²) in [5, 5.41) is 7.31. The van der Waals surface area contributed by atoms with E-state index in [0.29, 0.717) is 36.8 Å². The number of carbonyl (C=O) groups excluding carboxylic acids is 2. The van der Waals surface area contributed by atoms with Gasteiger partial charge in [0.05, 0.1) is 18.8 Å². The van der Waals surface area contributed by atoms with Crippen molar-refractivity contribution in [3.05, 3.63) is 42.1 Å². The van der Waals surface area contributed by atoms with Crippen LogP contribution in [0.1, 0.15) is 61.8 Å². The van der Waals surface area contributed by atoms with Crippen molar-refractivity contribution in [1.29, 1.82) is 0 Å². The molecule has 3 rings (SSSR count). The van der Waals surface area contributed by atoms with Crippen LogP contribution in [0.15, 0.2) is 36.5 Å². The molecule has 6 nitrogen and oxygen atoms in total. The van der Waals surface area contributed by atoms with E-state index in [0.717, 1.165) is 18.7 Å². The number of aromatic nitrogens is 2. The number of benzene rings is 1. The Hall–Kier alpha value is -2.63. The zero-order chi connectivity index (χ0) is 18.4. The van der Waals surface area contributed by atoms with Crippen molar-refractivity contribution in [3.63, 3.8) is 0 Å². The molecule has 1 fully saturated rings. The van der Waals surface area contributed by atoms with Crippen LogP contribution in [0.4, 0.5) is 5.82 Å². The summed E-state index contributed by atoms with van der Waals surface area (Å²) in [6.07, 6.45) is 7.45. The maximum Gasteiger partial charge on any atom is 0.225 e. The molecule has 0 atom stereocenters. The maximum atomic E-state index is 12.2. The van der Waals surface area contributed by atoms with Gasteiger partial charge in [0.1, 0.15) is 11.6 Å². The average Bonchev–Trinajstić information content (AvgIpc) is 3.30. The van der Waals surface area contributed by atoms with Crippen molar-refractivity contribution in [1.82, 2.24) is 9.78 Å². The fourth-order valence-electron chi connectivity index (χ4n) is 3.27. The van der Waals surface area contributed by atoms with Crippen molar-refractivity contribution in [3.8, 4) is 5.75 Å². The molecule has 0 radical (unpaired) electrons. The van der Waals surface area contributed by atoms with Crippen LogP contribution in [-0.4, -0.2) is 28.1 Å². The Labute approximate surface area is 153 Å². The molecule has 1 N–H and O–H groups in total. The van der Waals surface area contributed by atoms with Crippen LogP contribution in [0.3, 0.4) is 0 Å². The lowest BCUT2D eigenvalue weighted by atomic mass is 10.1. The van der Waals surface area contributed by atoms with Crippen molar-refractivity contribution in [2.24, 2.45) is 0 Å². The van der Waals surface area contributed by atoms with E-state index in [1.165, 1.54) is 19.8 Å². The number of anilines is 1. The molecule has 0 saturated heterocycles. The first-order valence-corrected chi connectivity index (χ1v) is 9.20. The molecule has 1 saturated carbocycles. The molecular weight excluding hydrogens is 330 g/mol. The van der Waals surface area contributed by atoms with E-state index >= 15 is 0 Å². The summed E-state index contributed by atoms with van der Waals surface area (Å²) >= 11 is 0. The molecule has 1 heterocycles. The number of nitrogens with zero attached hydrogens (tertiary/aromatic N) is 2. The van der Waals surface area contributed by atoms with E-state index in [2.05, 4.69) is 10.4 Å². The highest BCUT2D eigenvalue weighted by molar-refractivity contribution is 5.94. The number of hydrogen-bond acceptors (Lipinski definition) is 4. The van der Waals surface area contributed by atoms with E-state index in [1.807, 2.05) is 10.7 Å². The Kier molecular flexibility index (Phi) is 6.04. The Morgan fingerprint density at radius 2 is 1.92 bits per heavy atom. The number of amides is 1. The van der Waals surface area contributed by atoms with Crippen molar-refractivity contribution >= 4 is 17.5 Å². The quantitative estimate of drug-likeness (QED) is 0.574. The smallest absolute Gasteiger partial charge is 0.225 e. The third kappa shape index (κ3) is 4.71. The first-order valence-electron chi connectivity index (χ1n) is 9.20. The van der Waals surface area contributed by atoms with E-state index < -0.39 is 0 Å². The molecule has 138 valence electrons. The summed E-state index contributed by atoms with van der Waals surface area (Å²) < 4.78 is 7.56. The van der Waals surface area contributed by atoms with Crippen LogP contribution in [0, 0.1) is 0 Å². The fraction of sp³-hybridized carbons (Fsp3) is 0.450. The second kappa shape index (κ2) is 8.65. The molecule has 0 aliphatic heterocycles. The lowest BCUT2D eigenvalue weighted by Gasteiger charge is -2.14. The number of nitrogens with one attached hydrogen (secondary N) is 1. The molecule has 1 aliphatic rings. The molecule has 1 aromatic carbocycles. The summed E-state index contributed by atoms with van der Waals surface area (Å²) in [5.41, 5.74) is 0.663. The SMILES string of the molecule is CC(=O)c1ccc(OCCCC(=O)Nc2ccnn2C2CCCC2)cc1. The summed E-state index contributed by atoms with van der Waals surface area (Å²) in [6.45, 7) is 1.99. The second-order valence-corrected chi connectivity index (χ2v) is 6.68. The van der Waals surface area contributed by atoms with Gasteiger partial charge in [-0.2, -0.15) is 5.10 Å². The molecule has 26 heavy (non-hydrogen) atoms. The number of hydrogen-bond donors (Lipinski definition) is 1. The van der Waals surface area contributed by atoms with E-state index in [9.17, 15) is 9.59 Å². The summed E-state index contributed by atoms with van der Waals surface area (Å²) in [6, 6.07) is 9.29. The van der Waals surface area contributed by atoms with Crippen LogP contribution >= 0.6 is 0 Å². The Morgan fingerprint density at radius 1 is 1.19 bits per heavy atom. The highest BCUT2D eigenvalue weighted by atomic mass is 16.5. The predicted molar refractivity (Wildman–Crippen MR) is 99.5 cm³/mol. The van der Waals surface area contributed by atoms with Crippen molar-refractivity contribution < 1.29 is 14.3 Å². The van der Waals surface area contributed by atoms with Crippen molar-refractivity contribution in [2.75, 3.05) is 11.9 Å². The maximum absolute atomic E-state index is 12.2. The van der Waals surface area contributed by atoms with Crippen LogP contribution < -0.4 is 10.1 Å². The van der Waals surface area contributed by atoms with Gasteiger partial charge in [-0.1, -0.05) is 12.8 Å². The van der Waals surface area contributed by atoms with E-state index in [4.69, 9.17) is 4.74 Å². The predicted octanol–water partition coefficient (Wildman–Crippen LogP) is 4.00. The minimum absolute atomic E-state index is 0.0275. The highest BCUT2D eigenvalue weighted by Gasteiger charge is 2.20. The molecule has 1 aliphatic carbocycles. The average molecular weight is 355 g/mol. The molecule has 0 bridgehead atoms. The number of rotatable bonds is 8. The standard InChI is InChI=1S/C20H25N3O3/c1-15(24)16-8-10-18(11-9-16)26-14-4-7-20(25)22-19-12-13-21-23(19)17-5-2-3-6-17/h8-13,17H,2-7,14H2,1H3,(H,22,25). The summed E-state index contributed by atoms with van der Waals surface area (Å²) in [5.74, 6) is 1.49. The topological polar surface area (TPSA) is 73.2 Å². The molecule has 6 heteroatoms. The van der Waals surface area contributed by atoms with E-state index in [1.54, 1.807) is 30.5 Å². The third-order valence-corrected chi connectivity index (χ3v) is 4.69. The van der Waals surface area contributed by atoms with Crippen LogP contribution in [-0.2, 0) is 4.79 Å². The zero-order valence-electron chi connectivity index (χ0n) is 15.1. The van der Waals surface area contributed by atoms with Gasteiger partial charge in [0, 0.05) is 18.1 Å². The zero-order valence-corrected chi connectivity index (χ0v) is 15.1. The monoisotopic (exact) mass is 355 g/mol. The van der Waals surface area contributed by atoms with Gasteiger partial charge in [0.2, 0.25) is 5.91 Å². The molecule has 0 spiro atoms. The van der Waals surface area contributed by atoms with Gasteiger partial charge in [-0.25, -0.2) is 4.68 Å². The lowest BCUT2D eigenvalue weighted by Crippen LogP contribution is -2.18. The fourth-order valence-corrected chi connectivity index (χ4v) is 3.27. The molecular formula is C20H25N3O3. The van der Waals surface area contributed by atoms with Gasteiger partial charge >= 0.3 is 0 Å². The molecule has 1 aromatic heterocycles. The van der Waals surface area contributed by atoms with E-state index in [-0.39, 0.29) is 11.7 Å². The van der Waals surface area contributed by atoms with Crippen LogP contribution in [0.2, 0.25) is 0 Å². The van der Waals surface area contributed by atoms with Gasteiger partial charge in [-0.15, -0.1) is 0 Å². The minimum Gasteiger partial charge on any atom is -0.494 e. The largest absolute Gasteiger partial charge is 0.494 e. The van der Waals surface area contributed by atoms with Gasteiger partial charge in [0.15, 0.2) is 5.78 Å².